The highest BCUT2D eigenvalue weighted by Gasteiger charge is 2.19. The van der Waals surface area contributed by atoms with Crippen LogP contribution >= 0.6 is 23.2 Å². The number of hydrogen-bond acceptors (Lipinski definition) is 3. The fourth-order valence-electron chi connectivity index (χ4n) is 1.47. The lowest BCUT2D eigenvalue weighted by Crippen LogP contribution is -2.27. The van der Waals surface area contributed by atoms with Crippen LogP contribution in [0.15, 0.2) is 12.1 Å². The quantitative estimate of drug-likeness (QED) is 0.810. The van der Waals surface area contributed by atoms with Gasteiger partial charge in [-0.05, 0) is 18.1 Å². The van der Waals surface area contributed by atoms with Gasteiger partial charge < -0.3 is 11.1 Å². The van der Waals surface area contributed by atoms with Gasteiger partial charge in [-0.15, -0.1) is 0 Å². The minimum absolute atomic E-state index is 0.0567. The van der Waals surface area contributed by atoms with Gasteiger partial charge in [0.1, 0.15) is 5.75 Å². The number of benzene rings is 1. The van der Waals surface area contributed by atoms with Crippen LogP contribution in [-0.2, 0) is 15.6 Å². The van der Waals surface area contributed by atoms with Crippen molar-refractivity contribution >= 4 is 51.3 Å². The standard InChI is InChI=1S/C13H18Cl2N2O2S/c1-7(2)8(3)20(19)6-12(18)17-13-10(15)4-9(14)5-11(13)16/h4-5,7-8H,6,16H2,1-3H3,(H,17,18). The highest BCUT2D eigenvalue weighted by Crippen LogP contribution is 2.32. The van der Waals surface area contributed by atoms with E-state index in [0.29, 0.717) is 10.7 Å². The molecule has 0 fully saturated rings. The molecular weight excluding hydrogens is 319 g/mol. The molecule has 0 aliphatic rings. The van der Waals surface area contributed by atoms with Gasteiger partial charge in [0, 0.05) is 21.1 Å². The summed E-state index contributed by atoms with van der Waals surface area (Å²) < 4.78 is 12.0. The van der Waals surface area contributed by atoms with Crippen LogP contribution in [0.2, 0.25) is 10.0 Å². The molecule has 20 heavy (non-hydrogen) atoms. The number of nitrogens with one attached hydrogen (secondary N) is 1. The van der Waals surface area contributed by atoms with Gasteiger partial charge in [0.2, 0.25) is 5.91 Å². The third-order valence-electron chi connectivity index (χ3n) is 2.98. The molecule has 0 heterocycles. The topological polar surface area (TPSA) is 72.2 Å². The first-order valence-corrected chi connectivity index (χ1v) is 8.27. The van der Waals surface area contributed by atoms with E-state index in [-0.39, 0.29) is 33.5 Å². The van der Waals surface area contributed by atoms with Gasteiger partial charge in [-0.3, -0.25) is 9.00 Å². The molecule has 0 saturated carbocycles. The average molecular weight is 337 g/mol. The van der Waals surface area contributed by atoms with Gasteiger partial charge in [-0.25, -0.2) is 0 Å². The smallest absolute Gasteiger partial charge is 0.237 e. The predicted molar refractivity (Wildman–Crippen MR) is 86.8 cm³/mol. The van der Waals surface area contributed by atoms with Gasteiger partial charge in [-0.1, -0.05) is 44.0 Å². The molecule has 0 aliphatic carbocycles. The molecule has 7 heteroatoms. The van der Waals surface area contributed by atoms with E-state index in [9.17, 15) is 9.00 Å². The van der Waals surface area contributed by atoms with Crippen LogP contribution in [0.25, 0.3) is 0 Å². The maximum absolute atomic E-state index is 12.0. The SMILES string of the molecule is CC(C)C(C)S(=O)CC(=O)Nc1c(N)cc(Cl)cc1Cl. The van der Waals surface area contributed by atoms with Gasteiger partial charge >= 0.3 is 0 Å². The minimum atomic E-state index is -1.24. The highest BCUT2D eigenvalue weighted by atomic mass is 35.5. The van der Waals surface area contributed by atoms with Crippen LogP contribution in [0, 0.1) is 5.92 Å². The van der Waals surface area contributed by atoms with Crippen LogP contribution in [0.1, 0.15) is 20.8 Å². The zero-order valence-electron chi connectivity index (χ0n) is 11.6. The predicted octanol–water partition coefficient (Wildman–Crippen LogP) is 3.31. The van der Waals surface area contributed by atoms with E-state index in [1.807, 2.05) is 20.8 Å². The lowest BCUT2D eigenvalue weighted by Gasteiger charge is -2.15. The highest BCUT2D eigenvalue weighted by molar-refractivity contribution is 7.86. The first-order chi connectivity index (χ1) is 9.22. The Morgan fingerprint density at radius 1 is 1.35 bits per heavy atom. The summed E-state index contributed by atoms with van der Waals surface area (Å²) in [5.41, 5.74) is 6.33. The minimum Gasteiger partial charge on any atom is -0.397 e. The lowest BCUT2D eigenvalue weighted by molar-refractivity contribution is -0.113. The molecular formula is C13H18Cl2N2O2S. The van der Waals surface area contributed by atoms with Crippen LogP contribution in [0.4, 0.5) is 11.4 Å². The van der Waals surface area contributed by atoms with E-state index in [1.165, 1.54) is 12.1 Å². The molecule has 0 aromatic heterocycles. The Balaban J connectivity index is 2.75. The molecule has 2 unspecified atom stereocenters. The van der Waals surface area contributed by atoms with Gasteiger partial charge in [0.05, 0.1) is 16.4 Å². The van der Waals surface area contributed by atoms with Crippen LogP contribution in [0.5, 0.6) is 0 Å². The molecule has 0 aliphatic heterocycles. The van der Waals surface area contributed by atoms with Crippen molar-refractivity contribution in [3.8, 4) is 0 Å². The van der Waals surface area contributed by atoms with Crippen LogP contribution < -0.4 is 11.1 Å². The average Bonchev–Trinajstić information content (AvgIpc) is 2.32. The number of hydrogen-bond donors (Lipinski definition) is 2. The Morgan fingerprint density at radius 2 is 1.95 bits per heavy atom. The second kappa shape index (κ2) is 7.29. The molecule has 112 valence electrons. The summed E-state index contributed by atoms with van der Waals surface area (Å²) in [6.45, 7) is 5.79. The second-order valence-electron chi connectivity index (χ2n) is 4.87. The number of amides is 1. The van der Waals surface area contributed by atoms with Crippen molar-refractivity contribution in [1.82, 2.24) is 0 Å². The summed E-state index contributed by atoms with van der Waals surface area (Å²) in [6.07, 6.45) is 0. The molecule has 1 amide bonds. The molecule has 1 aromatic carbocycles. The zero-order valence-corrected chi connectivity index (χ0v) is 13.9. The van der Waals surface area contributed by atoms with E-state index >= 15 is 0 Å². The number of nitrogen functional groups attached to an aromatic ring is 1. The second-order valence-corrected chi connectivity index (χ2v) is 7.51. The lowest BCUT2D eigenvalue weighted by atomic mass is 10.2. The third-order valence-corrected chi connectivity index (χ3v) is 5.41. The number of rotatable bonds is 5. The number of carbonyl (C=O) groups is 1. The van der Waals surface area contributed by atoms with Crippen molar-refractivity contribution in [3.05, 3.63) is 22.2 Å². The summed E-state index contributed by atoms with van der Waals surface area (Å²) >= 11 is 11.8. The summed E-state index contributed by atoms with van der Waals surface area (Å²) in [4.78, 5) is 11.9. The molecule has 0 radical (unpaired) electrons. The monoisotopic (exact) mass is 336 g/mol. The number of nitrogens with two attached hydrogens (primary N) is 1. The van der Waals surface area contributed by atoms with E-state index in [4.69, 9.17) is 28.9 Å². The largest absolute Gasteiger partial charge is 0.397 e. The summed E-state index contributed by atoms with van der Waals surface area (Å²) in [7, 11) is -1.24. The Labute approximate surface area is 131 Å². The van der Waals surface area contributed by atoms with E-state index in [2.05, 4.69) is 5.32 Å². The fraction of sp³-hybridized carbons (Fsp3) is 0.462. The number of halogens is 2. The van der Waals surface area contributed by atoms with Crippen molar-refractivity contribution in [2.24, 2.45) is 5.92 Å². The Kier molecular flexibility index (Phi) is 6.30. The van der Waals surface area contributed by atoms with E-state index < -0.39 is 10.8 Å². The van der Waals surface area contributed by atoms with Crippen molar-refractivity contribution in [1.29, 1.82) is 0 Å². The Morgan fingerprint density at radius 3 is 2.45 bits per heavy atom. The van der Waals surface area contributed by atoms with Gasteiger partial charge in [0.15, 0.2) is 0 Å². The Hall–Kier alpha value is -0.780. The fourth-order valence-corrected chi connectivity index (χ4v) is 3.22. The van der Waals surface area contributed by atoms with E-state index in [1.54, 1.807) is 0 Å². The maximum atomic E-state index is 12.0. The molecule has 0 bridgehead atoms. The molecule has 4 nitrogen and oxygen atoms in total. The molecule has 1 rings (SSSR count). The Bertz CT molecular complexity index is 512. The summed E-state index contributed by atoms with van der Waals surface area (Å²) in [6, 6.07) is 2.99. The number of anilines is 2. The first-order valence-electron chi connectivity index (χ1n) is 6.14. The van der Waals surface area contributed by atoms with Crippen LogP contribution in [-0.4, -0.2) is 21.1 Å². The van der Waals surface area contributed by atoms with Crippen molar-refractivity contribution in [2.75, 3.05) is 16.8 Å². The van der Waals surface area contributed by atoms with Gasteiger partial charge in [-0.2, -0.15) is 0 Å². The summed E-state index contributed by atoms with van der Waals surface area (Å²) in [5.74, 6) is -0.225. The first kappa shape index (κ1) is 17.3. The number of carbonyl (C=O) groups excluding carboxylic acids is 1. The van der Waals surface area contributed by atoms with Crippen molar-refractivity contribution in [3.63, 3.8) is 0 Å². The van der Waals surface area contributed by atoms with Gasteiger partial charge in [0.25, 0.3) is 0 Å². The van der Waals surface area contributed by atoms with Crippen molar-refractivity contribution in [2.45, 2.75) is 26.0 Å². The van der Waals surface area contributed by atoms with Crippen LogP contribution in [0.3, 0.4) is 0 Å². The third kappa shape index (κ3) is 4.65. The zero-order chi connectivity index (χ0) is 15.4. The van der Waals surface area contributed by atoms with Crippen molar-refractivity contribution < 1.29 is 9.00 Å². The molecule has 1 aromatic rings. The molecule has 2 atom stereocenters. The molecule has 3 N–H and O–H groups in total. The normalized spacial score (nSPS) is 14.1. The molecule has 0 spiro atoms. The maximum Gasteiger partial charge on any atom is 0.237 e. The van der Waals surface area contributed by atoms with E-state index in [0.717, 1.165) is 0 Å². The summed E-state index contributed by atoms with van der Waals surface area (Å²) in [5, 5.41) is 3.17. The molecule has 0 saturated heterocycles.